The molecular formula is C16H23ClN2O. The first-order valence-corrected chi connectivity index (χ1v) is 7.80. The van der Waals surface area contributed by atoms with Crippen LogP contribution in [0.3, 0.4) is 0 Å². The van der Waals surface area contributed by atoms with E-state index >= 15 is 0 Å². The summed E-state index contributed by atoms with van der Waals surface area (Å²) in [5.41, 5.74) is 1.60. The number of hydrogen-bond acceptors (Lipinski definition) is 3. The van der Waals surface area contributed by atoms with Crippen LogP contribution in [0.5, 0.6) is 5.75 Å². The summed E-state index contributed by atoms with van der Waals surface area (Å²) in [7, 11) is 4.37. The zero-order valence-electron chi connectivity index (χ0n) is 12.3. The molecule has 0 radical (unpaired) electrons. The Labute approximate surface area is 126 Å². The molecular weight excluding hydrogens is 272 g/mol. The Bertz CT molecular complexity index is 485. The molecule has 3 rings (SSSR count). The molecule has 1 unspecified atom stereocenters. The molecule has 1 N–H and O–H groups in total. The standard InChI is InChI=1S/C16H23ClN2O/c1-19(2)16(6-3-7-16)11-18-10-14-9-12-8-13(17)4-5-15(12)20-14/h4-5,8,14,18H,3,6-7,9-11H2,1-2H3. The van der Waals surface area contributed by atoms with Gasteiger partial charge in [0.15, 0.2) is 0 Å². The number of benzene rings is 1. The van der Waals surface area contributed by atoms with Crippen LogP contribution < -0.4 is 10.1 Å². The van der Waals surface area contributed by atoms with Crippen LogP contribution in [0.2, 0.25) is 5.02 Å². The van der Waals surface area contributed by atoms with Crippen molar-refractivity contribution in [1.82, 2.24) is 10.2 Å². The van der Waals surface area contributed by atoms with Crippen LogP contribution in [0.4, 0.5) is 0 Å². The molecule has 0 saturated heterocycles. The van der Waals surface area contributed by atoms with Gasteiger partial charge in [0.1, 0.15) is 11.9 Å². The van der Waals surface area contributed by atoms with Gasteiger partial charge in [0.25, 0.3) is 0 Å². The average molecular weight is 295 g/mol. The Morgan fingerprint density at radius 3 is 2.85 bits per heavy atom. The van der Waals surface area contributed by atoms with Crippen LogP contribution >= 0.6 is 11.6 Å². The van der Waals surface area contributed by atoms with Crippen molar-refractivity contribution in [1.29, 1.82) is 0 Å². The summed E-state index contributed by atoms with van der Waals surface area (Å²) in [5.74, 6) is 0.993. The molecule has 2 aliphatic rings. The topological polar surface area (TPSA) is 24.5 Å². The van der Waals surface area contributed by atoms with E-state index in [0.717, 1.165) is 30.3 Å². The summed E-state index contributed by atoms with van der Waals surface area (Å²) in [6.45, 7) is 1.96. The van der Waals surface area contributed by atoms with Crippen LogP contribution in [-0.4, -0.2) is 43.7 Å². The second kappa shape index (κ2) is 5.55. The highest BCUT2D eigenvalue weighted by Crippen LogP contribution is 2.35. The third-order valence-electron chi connectivity index (χ3n) is 4.82. The summed E-state index contributed by atoms with van der Waals surface area (Å²) in [6.07, 6.45) is 5.15. The van der Waals surface area contributed by atoms with E-state index in [1.165, 1.54) is 24.8 Å². The summed E-state index contributed by atoms with van der Waals surface area (Å²) >= 11 is 6.02. The Morgan fingerprint density at radius 1 is 1.40 bits per heavy atom. The van der Waals surface area contributed by atoms with E-state index in [1.807, 2.05) is 18.2 Å². The van der Waals surface area contributed by atoms with Gasteiger partial charge in [-0.2, -0.15) is 0 Å². The van der Waals surface area contributed by atoms with Crippen LogP contribution in [0.1, 0.15) is 24.8 Å². The number of fused-ring (bicyclic) bond motifs is 1. The lowest BCUT2D eigenvalue weighted by Crippen LogP contribution is -2.57. The van der Waals surface area contributed by atoms with E-state index in [1.54, 1.807) is 0 Å². The minimum absolute atomic E-state index is 0.239. The molecule has 4 heteroatoms. The second-order valence-electron chi connectivity index (χ2n) is 6.30. The van der Waals surface area contributed by atoms with E-state index in [0.29, 0.717) is 5.54 Å². The van der Waals surface area contributed by atoms with E-state index in [2.05, 4.69) is 24.3 Å². The van der Waals surface area contributed by atoms with Gasteiger partial charge in [-0.05, 0) is 57.1 Å². The van der Waals surface area contributed by atoms with E-state index in [9.17, 15) is 0 Å². The molecule has 0 bridgehead atoms. The number of hydrogen-bond donors (Lipinski definition) is 1. The van der Waals surface area contributed by atoms with Crippen molar-refractivity contribution in [3.05, 3.63) is 28.8 Å². The van der Waals surface area contributed by atoms with Crippen molar-refractivity contribution in [2.75, 3.05) is 27.2 Å². The Kier molecular flexibility index (Phi) is 3.93. The minimum Gasteiger partial charge on any atom is -0.488 e. The van der Waals surface area contributed by atoms with Gasteiger partial charge in [-0.25, -0.2) is 0 Å². The Hall–Kier alpha value is -0.770. The first-order valence-electron chi connectivity index (χ1n) is 7.42. The van der Waals surface area contributed by atoms with Gasteiger partial charge < -0.3 is 15.0 Å². The first-order chi connectivity index (χ1) is 9.59. The zero-order valence-corrected chi connectivity index (χ0v) is 13.0. The van der Waals surface area contributed by atoms with Gasteiger partial charge in [-0.1, -0.05) is 11.6 Å². The fraction of sp³-hybridized carbons (Fsp3) is 0.625. The number of rotatable bonds is 5. The molecule has 1 aliphatic carbocycles. The van der Waals surface area contributed by atoms with Gasteiger partial charge in [-0.3, -0.25) is 0 Å². The molecule has 20 heavy (non-hydrogen) atoms. The molecule has 0 amide bonds. The van der Waals surface area contributed by atoms with Crippen molar-refractivity contribution in [2.24, 2.45) is 0 Å². The first kappa shape index (κ1) is 14.2. The van der Waals surface area contributed by atoms with Crippen molar-refractivity contribution >= 4 is 11.6 Å². The van der Waals surface area contributed by atoms with Crippen molar-refractivity contribution in [3.8, 4) is 5.75 Å². The van der Waals surface area contributed by atoms with Gasteiger partial charge in [0.2, 0.25) is 0 Å². The van der Waals surface area contributed by atoms with Crippen LogP contribution in [0.25, 0.3) is 0 Å². The van der Waals surface area contributed by atoms with Crippen LogP contribution in [0, 0.1) is 0 Å². The van der Waals surface area contributed by atoms with Gasteiger partial charge >= 0.3 is 0 Å². The predicted octanol–water partition coefficient (Wildman–Crippen LogP) is 2.72. The zero-order chi connectivity index (χ0) is 14.2. The summed E-state index contributed by atoms with van der Waals surface area (Å²) in [4.78, 5) is 2.37. The maximum absolute atomic E-state index is 6.02. The fourth-order valence-corrected chi connectivity index (χ4v) is 3.43. The number of halogens is 1. The molecule has 3 nitrogen and oxygen atoms in total. The van der Waals surface area contributed by atoms with Crippen molar-refractivity contribution < 1.29 is 4.74 Å². The highest BCUT2D eigenvalue weighted by atomic mass is 35.5. The predicted molar refractivity (Wildman–Crippen MR) is 82.7 cm³/mol. The van der Waals surface area contributed by atoms with Gasteiger partial charge in [-0.15, -0.1) is 0 Å². The maximum Gasteiger partial charge on any atom is 0.123 e. The second-order valence-corrected chi connectivity index (χ2v) is 6.74. The molecule has 1 fully saturated rings. The number of likely N-dealkylation sites (N-methyl/N-ethyl adjacent to an activating group) is 1. The summed E-state index contributed by atoms with van der Waals surface area (Å²) < 4.78 is 5.95. The fourth-order valence-electron chi connectivity index (χ4n) is 3.24. The maximum atomic E-state index is 6.02. The molecule has 1 saturated carbocycles. The number of ether oxygens (including phenoxy) is 1. The highest BCUT2D eigenvalue weighted by Gasteiger charge is 2.38. The molecule has 1 atom stereocenters. The highest BCUT2D eigenvalue weighted by molar-refractivity contribution is 6.30. The Balaban J connectivity index is 1.49. The minimum atomic E-state index is 0.239. The SMILES string of the molecule is CN(C)C1(CNCC2Cc3cc(Cl)ccc3O2)CCC1. The molecule has 0 aromatic heterocycles. The molecule has 1 aromatic rings. The van der Waals surface area contributed by atoms with E-state index in [-0.39, 0.29) is 6.10 Å². The normalized spacial score (nSPS) is 23.3. The van der Waals surface area contributed by atoms with Gasteiger partial charge in [0.05, 0.1) is 0 Å². The van der Waals surface area contributed by atoms with Crippen LogP contribution in [-0.2, 0) is 6.42 Å². The Morgan fingerprint density at radius 2 is 2.20 bits per heavy atom. The molecule has 110 valence electrons. The summed E-state index contributed by atoms with van der Waals surface area (Å²) in [6, 6.07) is 5.89. The summed E-state index contributed by atoms with van der Waals surface area (Å²) in [5, 5.41) is 4.39. The molecule has 1 aromatic carbocycles. The number of nitrogens with zero attached hydrogens (tertiary/aromatic N) is 1. The molecule has 1 heterocycles. The average Bonchev–Trinajstić information content (AvgIpc) is 2.73. The monoisotopic (exact) mass is 294 g/mol. The largest absolute Gasteiger partial charge is 0.488 e. The third-order valence-corrected chi connectivity index (χ3v) is 5.06. The molecule has 1 aliphatic heterocycles. The lowest BCUT2D eigenvalue weighted by atomic mass is 9.75. The smallest absolute Gasteiger partial charge is 0.123 e. The van der Waals surface area contributed by atoms with Crippen LogP contribution in [0.15, 0.2) is 18.2 Å². The number of nitrogens with one attached hydrogen (secondary N) is 1. The molecule has 0 spiro atoms. The van der Waals surface area contributed by atoms with Gasteiger partial charge in [0, 0.05) is 30.1 Å². The van der Waals surface area contributed by atoms with Crippen molar-refractivity contribution in [2.45, 2.75) is 37.3 Å². The third kappa shape index (κ3) is 2.67. The quantitative estimate of drug-likeness (QED) is 0.904. The lowest BCUT2D eigenvalue weighted by Gasteiger charge is -2.47. The van der Waals surface area contributed by atoms with Crippen molar-refractivity contribution in [3.63, 3.8) is 0 Å². The lowest BCUT2D eigenvalue weighted by molar-refractivity contribution is 0.0575. The van der Waals surface area contributed by atoms with E-state index in [4.69, 9.17) is 16.3 Å². The van der Waals surface area contributed by atoms with E-state index < -0.39 is 0 Å².